The number of nitrogens with one attached hydrogen (secondary N) is 2. The van der Waals surface area contributed by atoms with Gasteiger partial charge in [-0.2, -0.15) is 0 Å². The summed E-state index contributed by atoms with van der Waals surface area (Å²) in [4.78, 5) is 41.9. The highest BCUT2D eigenvalue weighted by molar-refractivity contribution is 7.09. The lowest BCUT2D eigenvalue weighted by atomic mass is 10.0. The molecule has 9 heteroatoms. The third kappa shape index (κ3) is 6.30. The van der Waals surface area contributed by atoms with Crippen molar-refractivity contribution in [3.05, 3.63) is 76.4 Å². The molecule has 1 saturated carbocycles. The van der Waals surface area contributed by atoms with Crippen LogP contribution in [0.15, 0.2) is 64.6 Å². The maximum atomic E-state index is 13.6. The molecule has 0 saturated heterocycles. The van der Waals surface area contributed by atoms with Crippen molar-refractivity contribution in [1.82, 2.24) is 15.5 Å². The molecule has 2 N–H and O–H groups in total. The Morgan fingerprint density at radius 1 is 1.11 bits per heavy atom. The molecule has 0 spiro atoms. The number of thiophene rings is 1. The monoisotopic (exact) mass is 495 g/mol. The second-order valence-corrected chi connectivity index (χ2v) is 9.46. The number of amides is 3. The predicted octanol–water partition coefficient (Wildman–Crippen LogP) is 3.91. The summed E-state index contributed by atoms with van der Waals surface area (Å²) in [6.07, 6.45) is 5.41. The molecule has 1 unspecified atom stereocenters. The van der Waals surface area contributed by atoms with Crippen molar-refractivity contribution in [2.75, 3.05) is 13.7 Å². The molecule has 1 fully saturated rings. The maximum Gasteiger partial charge on any atom is 0.287 e. The van der Waals surface area contributed by atoms with Crippen molar-refractivity contribution in [3.63, 3.8) is 0 Å². The molecular formula is C26H29N3O5S. The second kappa shape index (κ2) is 11.7. The van der Waals surface area contributed by atoms with Crippen LogP contribution in [0.1, 0.15) is 52.7 Å². The van der Waals surface area contributed by atoms with E-state index in [2.05, 4.69) is 10.6 Å². The number of hydrogen-bond donors (Lipinski definition) is 2. The van der Waals surface area contributed by atoms with Gasteiger partial charge in [0.2, 0.25) is 11.8 Å². The minimum Gasteiger partial charge on any atom is -0.497 e. The average Bonchev–Trinajstić information content (AvgIpc) is 3.66. The standard InChI is InChI=1S/C26H29N3O5S/c1-33-20-12-10-18(11-13-20)24(26(32)28-19-6-2-3-7-19)29(17-21-8-5-15-35-21)23(30)16-27-25(31)22-9-4-14-34-22/h4-5,8-15,19,24H,2-3,6-7,16-17H2,1H3,(H,27,31)(H,28,32). The number of nitrogens with zero attached hydrogens (tertiary/aromatic N) is 1. The molecule has 8 nitrogen and oxygen atoms in total. The number of methoxy groups -OCH3 is 1. The van der Waals surface area contributed by atoms with E-state index in [1.54, 1.807) is 37.4 Å². The van der Waals surface area contributed by atoms with Crippen LogP contribution in [0.5, 0.6) is 5.75 Å². The van der Waals surface area contributed by atoms with E-state index in [0.29, 0.717) is 11.3 Å². The number of carbonyl (C=O) groups excluding carboxylic acids is 3. The minimum atomic E-state index is -0.864. The fourth-order valence-corrected chi connectivity index (χ4v) is 4.96. The maximum absolute atomic E-state index is 13.6. The van der Waals surface area contributed by atoms with Crippen molar-refractivity contribution in [3.8, 4) is 5.75 Å². The Hall–Kier alpha value is -3.59. The molecule has 4 rings (SSSR count). The van der Waals surface area contributed by atoms with Crippen LogP contribution in [-0.2, 0) is 16.1 Å². The van der Waals surface area contributed by atoms with Gasteiger partial charge in [-0.3, -0.25) is 14.4 Å². The van der Waals surface area contributed by atoms with E-state index in [4.69, 9.17) is 9.15 Å². The molecule has 0 radical (unpaired) electrons. The van der Waals surface area contributed by atoms with Crippen molar-refractivity contribution in [1.29, 1.82) is 0 Å². The van der Waals surface area contributed by atoms with E-state index < -0.39 is 11.9 Å². The first-order chi connectivity index (χ1) is 17.0. The van der Waals surface area contributed by atoms with Gasteiger partial charge in [0, 0.05) is 10.9 Å². The number of furan rings is 1. The van der Waals surface area contributed by atoms with E-state index in [1.165, 1.54) is 28.6 Å². The smallest absolute Gasteiger partial charge is 0.287 e. The third-order valence-corrected chi connectivity index (χ3v) is 6.93. The van der Waals surface area contributed by atoms with E-state index >= 15 is 0 Å². The Morgan fingerprint density at radius 3 is 2.51 bits per heavy atom. The van der Waals surface area contributed by atoms with Gasteiger partial charge in [-0.05, 0) is 54.1 Å². The van der Waals surface area contributed by atoms with Crippen molar-refractivity contribution >= 4 is 29.1 Å². The molecule has 3 aromatic rings. The first-order valence-electron chi connectivity index (χ1n) is 11.6. The van der Waals surface area contributed by atoms with Crippen LogP contribution in [0.25, 0.3) is 0 Å². The minimum absolute atomic E-state index is 0.0978. The quantitative estimate of drug-likeness (QED) is 0.444. The highest BCUT2D eigenvalue weighted by Gasteiger charge is 2.33. The van der Waals surface area contributed by atoms with Crippen LogP contribution in [0.2, 0.25) is 0 Å². The number of ether oxygens (including phenoxy) is 1. The Labute approximate surface area is 208 Å². The molecule has 1 aromatic carbocycles. The molecule has 0 aliphatic heterocycles. The van der Waals surface area contributed by atoms with E-state index in [9.17, 15) is 14.4 Å². The van der Waals surface area contributed by atoms with Crippen LogP contribution in [-0.4, -0.2) is 42.3 Å². The van der Waals surface area contributed by atoms with E-state index in [-0.39, 0.29) is 36.7 Å². The average molecular weight is 496 g/mol. The summed E-state index contributed by atoms with van der Waals surface area (Å²) in [5, 5.41) is 7.68. The lowest BCUT2D eigenvalue weighted by Gasteiger charge is -2.32. The first kappa shape index (κ1) is 24.5. The largest absolute Gasteiger partial charge is 0.497 e. The zero-order valence-corrected chi connectivity index (χ0v) is 20.4. The highest BCUT2D eigenvalue weighted by Crippen LogP contribution is 2.28. The SMILES string of the molecule is COc1ccc(C(C(=O)NC2CCCC2)N(Cc2cccs2)C(=O)CNC(=O)c2ccco2)cc1. The summed E-state index contributed by atoms with van der Waals surface area (Å²) in [6.45, 7) is -0.0316. The highest BCUT2D eigenvalue weighted by atomic mass is 32.1. The number of rotatable bonds is 10. The van der Waals surface area contributed by atoms with Crippen molar-refractivity contribution in [2.45, 2.75) is 44.3 Å². The third-order valence-electron chi connectivity index (χ3n) is 6.06. The summed E-state index contributed by atoms with van der Waals surface area (Å²) >= 11 is 1.51. The fourth-order valence-electron chi connectivity index (χ4n) is 4.26. The van der Waals surface area contributed by atoms with Crippen molar-refractivity contribution < 1.29 is 23.5 Å². The summed E-state index contributed by atoms with van der Waals surface area (Å²) in [7, 11) is 1.58. The number of benzene rings is 1. The van der Waals surface area contributed by atoms with Crippen molar-refractivity contribution in [2.24, 2.45) is 0 Å². The van der Waals surface area contributed by atoms with Gasteiger partial charge in [0.25, 0.3) is 5.91 Å². The molecule has 1 aliphatic carbocycles. The van der Waals surface area contributed by atoms with Gasteiger partial charge in [-0.15, -0.1) is 11.3 Å². The summed E-state index contributed by atoms with van der Waals surface area (Å²) < 4.78 is 10.4. The predicted molar refractivity (Wildman–Crippen MR) is 132 cm³/mol. The first-order valence-corrected chi connectivity index (χ1v) is 12.5. The fraction of sp³-hybridized carbons (Fsp3) is 0.346. The van der Waals surface area contributed by atoms with Gasteiger partial charge in [0.1, 0.15) is 11.8 Å². The van der Waals surface area contributed by atoms with E-state index in [1.807, 2.05) is 17.5 Å². The van der Waals surface area contributed by atoms with Gasteiger partial charge < -0.3 is 24.7 Å². The summed E-state index contributed by atoms with van der Waals surface area (Å²) in [5.74, 6) is -0.320. The number of hydrogen-bond acceptors (Lipinski definition) is 6. The van der Waals surface area contributed by atoms with E-state index in [0.717, 1.165) is 30.6 Å². The van der Waals surface area contributed by atoms with Crippen LogP contribution in [0.3, 0.4) is 0 Å². The van der Waals surface area contributed by atoms with Crippen LogP contribution in [0.4, 0.5) is 0 Å². The summed E-state index contributed by atoms with van der Waals surface area (Å²) in [5.41, 5.74) is 0.670. The molecule has 0 bridgehead atoms. The molecule has 3 amide bonds. The number of carbonyl (C=O) groups is 3. The van der Waals surface area contributed by atoms with Gasteiger partial charge in [0.05, 0.1) is 26.5 Å². The lowest BCUT2D eigenvalue weighted by molar-refractivity contribution is -0.141. The molecule has 2 aromatic heterocycles. The zero-order chi connectivity index (χ0) is 24.6. The molecule has 35 heavy (non-hydrogen) atoms. The van der Waals surface area contributed by atoms with Gasteiger partial charge in [0.15, 0.2) is 5.76 Å². The van der Waals surface area contributed by atoms with Crippen LogP contribution in [0, 0.1) is 0 Å². The molecular weight excluding hydrogens is 466 g/mol. The van der Waals surface area contributed by atoms with Crippen LogP contribution >= 0.6 is 11.3 Å². The lowest BCUT2D eigenvalue weighted by Crippen LogP contribution is -2.48. The Kier molecular flexibility index (Phi) is 8.20. The van der Waals surface area contributed by atoms with Crippen LogP contribution < -0.4 is 15.4 Å². The van der Waals surface area contributed by atoms with Gasteiger partial charge in [-0.25, -0.2) is 0 Å². The Morgan fingerprint density at radius 2 is 1.89 bits per heavy atom. The summed E-state index contributed by atoms with van der Waals surface area (Å²) in [6, 6.07) is 13.3. The Balaban J connectivity index is 1.61. The topological polar surface area (TPSA) is 101 Å². The van der Waals surface area contributed by atoms with Gasteiger partial charge in [-0.1, -0.05) is 31.0 Å². The molecule has 1 aliphatic rings. The second-order valence-electron chi connectivity index (χ2n) is 8.43. The molecule has 1 atom stereocenters. The zero-order valence-electron chi connectivity index (χ0n) is 19.6. The molecule has 184 valence electrons. The normalized spacial score (nSPS) is 14.3. The Bertz CT molecular complexity index is 1110. The molecule has 2 heterocycles. The van der Waals surface area contributed by atoms with Gasteiger partial charge >= 0.3 is 0 Å².